The molecule has 1 amide bonds. The Bertz CT molecular complexity index is 269. The van der Waals surface area contributed by atoms with Gasteiger partial charge in [-0.2, -0.15) is 0 Å². The third-order valence-corrected chi connectivity index (χ3v) is 3.96. The van der Waals surface area contributed by atoms with Crippen LogP contribution in [0, 0.1) is 5.92 Å². The van der Waals surface area contributed by atoms with Gasteiger partial charge in [0.15, 0.2) is 0 Å². The Morgan fingerprint density at radius 2 is 2.21 bits per heavy atom. The van der Waals surface area contributed by atoms with Crippen molar-refractivity contribution in [3.63, 3.8) is 0 Å². The van der Waals surface area contributed by atoms with Crippen LogP contribution in [0.1, 0.15) is 46.5 Å². The van der Waals surface area contributed by atoms with Gasteiger partial charge in [0.05, 0.1) is 12.6 Å². The van der Waals surface area contributed by atoms with E-state index in [1.165, 1.54) is 19.3 Å². The minimum absolute atomic E-state index is 0.121. The van der Waals surface area contributed by atoms with Crippen LogP contribution in [0.3, 0.4) is 0 Å². The molecule has 1 aliphatic rings. The van der Waals surface area contributed by atoms with Gasteiger partial charge in [-0.25, -0.2) is 0 Å². The molecule has 4 heteroatoms. The quantitative estimate of drug-likeness (QED) is 0.720. The molecular weight excluding hydrogens is 240 g/mol. The van der Waals surface area contributed by atoms with Crippen molar-refractivity contribution in [3.8, 4) is 0 Å². The Kier molecular flexibility index (Phi) is 7.39. The maximum atomic E-state index is 11.4. The molecule has 1 aliphatic heterocycles. The van der Waals surface area contributed by atoms with Gasteiger partial charge in [-0.3, -0.25) is 9.69 Å². The Hall–Kier alpha value is -0.610. The van der Waals surface area contributed by atoms with Crippen molar-refractivity contribution in [2.75, 3.05) is 26.7 Å². The predicted octanol–water partition coefficient (Wildman–Crippen LogP) is 2.04. The molecule has 0 spiro atoms. The minimum Gasteiger partial charge on any atom is -0.379 e. The highest BCUT2D eigenvalue weighted by molar-refractivity contribution is 5.77. The first-order valence-electron chi connectivity index (χ1n) is 7.59. The maximum Gasteiger partial charge on any atom is 0.233 e. The van der Waals surface area contributed by atoms with E-state index in [2.05, 4.69) is 31.0 Å². The van der Waals surface area contributed by atoms with Crippen molar-refractivity contribution in [1.82, 2.24) is 10.2 Å². The van der Waals surface area contributed by atoms with Crippen LogP contribution in [0.2, 0.25) is 0 Å². The number of nitrogens with one attached hydrogen (secondary N) is 1. The number of piperidine rings is 1. The Balaban J connectivity index is 2.20. The molecule has 1 N–H and O–H groups in total. The molecule has 0 saturated carbocycles. The van der Waals surface area contributed by atoms with Gasteiger partial charge >= 0.3 is 0 Å². The fraction of sp³-hybridized carbons (Fsp3) is 0.933. The van der Waals surface area contributed by atoms with E-state index < -0.39 is 0 Å². The number of hydrogen-bond acceptors (Lipinski definition) is 3. The van der Waals surface area contributed by atoms with Crippen molar-refractivity contribution in [2.24, 2.45) is 5.92 Å². The number of likely N-dealkylation sites (N-methyl/N-ethyl adjacent to an activating group) is 1. The molecule has 112 valence electrons. The molecule has 0 bridgehead atoms. The second kappa shape index (κ2) is 8.54. The van der Waals surface area contributed by atoms with Gasteiger partial charge in [-0.05, 0) is 58.9 Å². The summed E-state index contributed by atoms with van der Waals surface area (Å²) < 4.78 is 5.58. The molecular formula is C15H30N2O2. The van der Waals surface area contributed by atoms with E-state index in [1.807, 2.05) is 0 Å². The molecule has 0 aromatic rings. The lowest BCUT2D eigenvalue weighted by molar-refractivity contribution is -0.122. The Morgan fingerprint density at radius 3 is 2.79 bits per heavy atom. The highest BCUT2D eigenvalue weighted by atomic mass is 16.5. The third-order valence-electron chi connectivity index (χ3n) is 3.96. The highest BCUT2D eigenvalue weighted by Crippen LogP contribution is 2.26. The highest BCUT2D eigenvalue weighted by Gasteiger charge is 2.26. The smallest absolute Gasteiger partial charge is 0.233 e. The molecule has 2 atom stereocenters. The van der Waals surface area contributed by atoms with E-state index in [1.54, 1.807) is 7.05 Å². The van der Waals surface area contributed by atoms with E-state index in [9.17, 15) is 4.79 Å². The van der Waals surface area contributed by atoms with E-state index in [4.69, 9.17) is 4.74 Å². The van der Waals surface area contributed by atoms with E-state index >= 15 is 0 Å². The average molecular weight is 270 g/mol. The number of amides is 1. The summed E-state index contributed by atoms with van der Waals surface area (Å²) >= 11 is 0. The van der Waals surface area contributed by atoms with Gasteiger partial charge in [-0.15, -0.1) is 0 Å². The molecule has 0 radical (unpaired) electrons. The minimum atomic E-state index is 0.121. The number of nitrogens with zero attached hydrogens (tertiary/aromatic N) is 1. The summed E-state index contributed by atoms with van der Waals surface area (Å²) in [5.74, 6) is 0.919. The van der Waals surface area contributed by atoms with Gasteiger partial charge in [0.1, 0.15) is 0 Å². The summed E-state index contributed by atoms with van der Waals surface area (Å²) in [6.07, 6.45) is 5.17. The zero-order valence-electron chi connectivity index (χ0n) is 12.9. The molecule has 0 aliphatic carbocycles. The molecule has 0 aromatic carbocycles. The predicted molar refractivity (Wildman–Crippen MR) is 78.1 cm³/mol. The lowest BCUT2D eigenvalue weighted by atomic mass is 9.88. The molecule has 0 unspecified atom stereocenters. The Morgan fingerprint density at radius 1 is 1.47 bits per heavy atom. The fourth-order valence-corrected chi connectivity index (χ4v) is 2.77. The van der Waals surface area contributed by atoms with E-state index in [0.29, 0.717) is 18.7 Å². The standard InChI is InChI=1S/C15H30N2O2/c1-12(2)19-9-5-6-14-7-8-17(13(3)10-14)11-15(18)16-4/h12-14H,5-11H2,1-4H3,(H,16,18)/t13-,14+/m0/s1. The second-order valence-electron chi connectivity index (χ2n) is 5.94. The second-order valence-corrected chi connectivity index (χ2v) is 5.94. The summed E-state index contributed by atoms with van der Waals surface area (Å²) in [4.78, 5) is 13.7. The van der Waals surface area contributed by atoms with Crippen LogP contribution in [-0.4, -0.2) is 49.7 Å². The van der Waals surface area contributed by atoms with Crippen molar-refractivity contribution < 1.29 is 9.53 Å². The number of likely N-dealkylation sites (tertiary alicyclic amines) is 1. The largest absolute Gasteiger partial charge is 0.379 e. The summed E-state index contributed by atoms with van der Waals surface area (Å²) in [6.45, 7) is 8.87. The first-order chi connectivity index (χ1) is 9.02. The Labute approximate surface area is 117 Å². The number of hydrogen-bond donors (Lipinski definition) is 1. The van der Waals surface area contributed by atoms with Crippen molar-refractivity contribution >= 4 is 5.91 Å². The maximum absolute atomic E-state index is 11.4. The molecule has 0 aromatic heterocycles. The average Bonchev–Trinajstić information content (AvgIpc) is 2.37. The number of ether oxygens (including phenoxy) is 1. The molecule has 1 heterocycles. The van der Waals surface area contributed by atoms with E-state index in [-0.39, 0.29) is 5.91 Å². The summed E-state index contributed by atoms with van der Waals surface area (Å²) in [5, 5.41) is 2.70. The summed E-state index contributed by atoms with van der Waals surface area (Å²) in [7, 11) is 1.70. The van der Waals surface area contributed by atoms with Gasteiger partial charge in [-0.1, -0.05) is 0 Å². The van der Waals surface area contributed by atoms with Crippen molar-refractivity contribution in [3.05, 3.63) is 0 Å². The zero-order chi connectivity index (χ0) is 14.3. The molecule has 4 nitrogen and oxygen atoms in total. The molecule has 1 fully saturated rings. The van der Waals surface area contributed by atoms with Gasteiger partial charge in [0.25, 0.3) is 0 Å². The van der Waals surface area contributed by atoms with Gasteiger partial charge in [0.2, 0.25) is 5.91 Å². The molecule has 1 saturated heterocycles. The van der Waals surface area contributed by atoms with Crippen LogP contribution in [0.15, 0.2) is 0 Å². The first-order valence-corrected chi connectivity index (χ1v) is 7.59. The lowest BCUT2D eigenvalue weighted by Gasteiger charge is -2.37. The van der Waals surface area contributed by atoms with E-state index in [0.717, 1.165) is 25.5 Å². The molecule has 19 heavy (non-hydrogen) atoms. The summed E-state index contributed by atoms with van der Waals surface area (Å²) in [5.41, 5.74) is 0. The first kappa shape index (κ1) is 16.4. The summed E-state index contributed by atoms with van der Waals surface area (Å²) in [6, 6.07) is 0.516. The number of carbonyl (C=O) groups excluding carboxylic acids is 1. The van der Waals surface area contributed by atoms with Crippen LogP contribution in [-0.2, 0) is 9.53 Å². The van der Waals surface area contributed by atoms with Crippen LogP contribution in [0.25, 0.3) is 0 Å². The monoisotopic (exact) mass is 270 g/mol. The third kappa shape index (κ3) is 6.39. The fourth-order valence-electron chi connectivity index (χ4n) is 2.77. The van der Waals surface area contributed by atoms with Crippen LogP contribution < -0.4 is 5.32 Å². The number of rotatable bonds is 7. The van der Waals surface area contributed by atoms with Crippen molar-refractivity contribution in [2.45, 2.75) is 58.6 Å². The number of carbonyl (C=O) groups is 1. The van der Waals surface area contributed by atoms with Gasteiger partial charge < -0.3 is 10.1 Å². The van der Waals surface area contributed by atoms with Crippen LogP contribution >= 0.6 is 0 Å². The van der Waals surface area contributed by atoms with Gasteiger partial charge in [0, 0.05) is 19.7 Å². The normalized spacial score (nSPS) is 24.7. The SMILES string of the molecule is CNC(=O)CN1CC[C@@H](CCCOC(C)C)C[C@@H]1C. The van der Waals surface area contributed by atoms with Crippen molar-refractivity contribution in [1.29, 1.82) is 0 Å². The topological polar surface area (TPSA) is 41.6 Å². The zero-order valence-corrected chi connectivity index (χ0v) is 12.9. The van der Waals surface area contributed by atoms with Crippen LogP contribution in [0.5, 0.6) is 0 Å². The lowest BCUT2D eigenvalue weighted by Crippen LogP contribution is -2.45. The molecule has 1 rings (SSSR count). The van der Waals surface area contributed by atoms with Crippen LogP contribution in [0.4, 0.5) is 0 Å².